The lowest BCUT2D eigenvalue weighted by molar-refractivity contribution is 0.194. The van der Waals surface area contributed by atoms with Crippen molar-refractivity contribution >= 4 is 5.69 Å². The van der Waals surface area contributed by atoms with Gasteiger partial charge in [-0.3, -0.25) is 4.98 Å². The minimum absolute atomic E-state index is 0.137. The lowest BCUT2D eigenvalue weighted by atomic mass is 10.2. The molecule has 1 atom stereocenters. The molecule has 1 aromatic heterocycles. The van der Waals surface area contributed by atoms with Crippen LogP contribution in [0.3, 0.4) is 0 Å². The van der Waals surface area contributed by atoms with E-state index >= 15 is 0 Å². The molecule has 0 spiro atoms. The van der Waals surface area contributed by atoms with Crippen LogP contribution in [0.25, 0.3) is 0 Å². The van der Waals surface area contributed by atoms with Crippen molar-refractivity contribution in [2.45, 2.75) is 26.4 Å². The molecule has 0 aliphatic rings. The van der Waals surface area contributed by atoms with Gasteiger partial charge in [-0.25, -0.2) is 0 Å². The summed E-state index contributed by atoms with van der Waals surface area (Å²) in [5.41, 5.74) is 1.66. The van der Waals surface area contributed by atoms with Gasteiger partial charge in [0.25, 0.3) is 0 Å². The minimum Gasteiger partial charge on any atom is -0.395 e. The van der Waals surface area contributed by atoms with Crippen molar-refractivity contribution in [3.05, 3.63) is 24.0 Å². The van der Waals surface area contributed by atoms with Crippen LogP contribution in [0.4, 0.5) is 5.69 Å². The first-order valence-corrected chi connectivity index (χ1v) is 5.68. The zero-order valence-corrected chi connectivity index (χ0v) is 9.93. The molecule has 0 aromatic carbocycles. The summed E-state index contributed by atoms with van der Waals surface area (Å²) in [4.78, 5) is 6.27. The average molecular weight is 224 g/mol. The summed E-state index contributed by atoms with van der Waals surface area (Å²) in [7, 11) is 0. The molecule has 0 aliphatic carbocycles. The maximum absolute atomic E-state index is 9.34. The Morgan fingerprint density at radius 1 is 1.38 bits per heavy atom. The molecule has 0 saturated heterocycles. The Bertz CT molecular complexity index is 292. The third-order valence-electron chi connectivity index (χ3n) is 2.43. The molecule has 1 aromatic rings. The van der Waals surface area contributed by atoms with E-state index in [2.05, 4.69) is 16.8 Å². The van der Waals surface area contributed by atoms with Crippen LogP contribution in [0.5, 0.6) is 0 Å². The lowest BCUT2D eigenvalue weighted by Crippen LogP contribution is -2.27. The van der Waals surface area contributed by atoms with E-state index in [1.165, 1.54) is 0 Å². The van der Waals surface area contributed by atoms with Gasteiger partial charge in [-0.05, 0) is 25.5 Å². The van der Waals surface area contributed by atoms with E-state index in [1.54, 1.807) is 13.1 Å². The molecule has 1 heterocycles. The van der Waals surface area contributed by atoms with Gasteiger partial charge in [0, 0.05) is 13.1 Å². The van der Waals surface area contributed by atoms with Crippen LogP contribution in [0.1, 0.15) is 32.1 Å². The van der Waals surface area contributed by atoms with Crippen molar-refractivity contribution in [1.82, 2.24) is 4.98 Å². The highest BCUT2D eigenvalue weighted by Gasteiger charge is 2.07. The second kappa shape index (κ2) is 6.45. The third-order valence-corrected chi connectivity index (χ3v) is 2.43. The number of aromatic nitrogens is 1. The molecule has 4 nitrogen and oxygen atoms in total. The number of rotatable bonds is 6. The Kier molecular flexibility index (Phi) is 5.22. The number of nitrogens with zero attached hydrogens (tertiary/aromatic N) is 2. The first-order valence-electron chi connectivity index (χ1n) is 5.68. The average Bonchev–Trinajstić information content (AvgIpc) is 2.29. The van der Waals surface area contributed by atoms with Gasteiger partial charge >= 0.3 is 0 Å². The summed E-state index contributed by atoms with van der Waals surface area (Å²) in [6.45, 7) is 5.44. The summed E-state index contributed by atoms with van der Waals surface area (Å²) in [6.07, 6.45) is 2.23. The first kappa shape index (κ1) is 12.9. The Morgan fingerprint density at radius 3 is 2.56 bits per heavy atom. The summed E-state index contributed by atoms with van der Waals surface area (Å²) in [5.74, 6) is 0. The van der Waals surface area contributed by atoms with Crippen LogP contribution in [-0.2, 0) is 0 Å². The van der Waals surface area contributed by atoms with E-state index in [1.807, 2.05) is 12.1 Å². The van der Waals surface area contributed by atoms with Crippen LogP contribution in [0.2, 0.25) is 0 Å². The number of hydrogen-bond donors (Lipinski definition) is 2. The smallest absolute Gasteiger partial charge is 0.0931 e. The fourth-order valence-corrected chi connectivity index (χ4v) is 1.59. The zero-order valence-electron chi connectivity index (χ0n) is 9.93. The number of hydrogen-bond acceptors (Lipinski definition) is 4. The van der Waals surface area contributed by atoms with Crippen LogP contribution in [0, 0.1) is 0 Å². The van der Waals surface area contributed by atoms with Crippen molar-refractivity contribution in [3.63, 3.8) is 0 Å². The van der Waals surface area contributed by atoms with E-state index in [0.29, 0.717) is 12.2 Å². The largest absolute Gasteiger partial charge is 0.395 e. The number of anilines is 1. The molecule has 1 rings (SSSR count). The van der Waals surface area contributed by atoms with Crippen LogP contribution in [0.15, 0.2) is 18.3 Å². The molecular weight excluding hydrogens is 204 g/mol. The number of aliphatic hydroxyl groups is 2. The minimum atomic E-state index is -0.536. The first-order chi connectivity index (χ1) is 7.69. The van der Waals surface area contributed by atoms with Gasteiger partial charge in [-0.2, -0.15) is 0 Å². The molecule has 0 fully saturated rings. The second-order valence-corrected chi connectivity index (χ2v) is 3.83. The van der Waals surface area contributed by atoms with E-state index in [4.69, 9.17) is 5.11 Å². The van der Waals surface area contributed by atoms with Crippen LogP contribution in [-0.4, -0.2) is 34.9 Å². The van der Waals surface area contributed by atoms with Gasteiger partial charge in [0.1, 0.15) is 0 Å². The molecule has 0 radical (unpaired) electrons. The predicted molar refractivity (Wildman–Crippen MR) is 64.5 cm³/mol. The molecule has 0 saturated carbocycles. The Labute approximate surface area is 96.6 Å². The standard InChI is InChI=1S/C12H20N2O2/c1-3-6-14(7-8-15)11-4-5-12(10(2)16)13-9-11/h4-5,9-10,15-16H,3,6-8H2,1-2H3/t10-/m1/s1. The van der Waals surface area contributed by atoms with Gasteiger partial charge in [-0.1, -0.05) is 6.92 Å². The molecule has 0 amide bonds. The van der Waals surface area contributed by atoms with Crippen molar-refractivity contribution in [2.24, 2.45) is 0 Å². The summed E-state index contributed by atoms with van der Waals surface area (Å²) >= 11 is 0. The molecule has 0 bridgehead atoms. The maximum atomic E-state index is 9.34. The van der Waals surface area contributed by atoms with Gasteiger partial charge < -0.3 is 15.1 Å². The Hall–Kier alpha value is -1.13. The van der Waals surface area contributed by atoms with Crippen molar-refractivity contribution in [2.75, 3.05) is 24.6 Å². The summed E-state index contributed by atoms with van der Waals surface area (Å²) in [5, 5.41) is 18.3. The highest BCUT2D eigenvalue weighted by Crippen LogP contribution is 2.16. The van der Waals surface area contributed by atoms with E-state index in [0.717, 1.165) is 18.7 Å². The molecule has 16 heavy (non-hydrogen) atoms. The summed E-state index contributed by atoms with van der Waals surface area (Å²) < 4.78 is 0. The Balaban J connectivity index is 2.76. The fraction of sp³-hybridized carbons (Fsp3) is 0.583. The molecule has 2 N–H and O–H groups in total. The van der Waals surface area contributed by atoms with E-state index < -0.39 is 6.10 Å². The second-order valence-electron chi connectivity index (χ2n) is 3.83. The summed E-state index contributed by atoms with van der Waals surface area (Å²) in [6, 6.07) is 3.75. The maximum Gasteiger partial charge on any atom is 0.0931 e. The van der Waals surface area contributed by atoms with Crippen molar-refractivity contribution in [1.29, 1.82) is 0 Å². The highest BCUT2D eigenvalue weighted by molar-refractivity contribution is 5.44. The van der Waals surface area contributed by atoms with Gasteiger partial charge in [-0.15, -0.1) is 0 Å². The molecular formula is C12H20N2O2. The van der Waals surface area contributed by atoms with Crippen LogP contribution < -0.4 is 4.90 Å². The quantitative estimate of drug-likeness (QED) is 0.765. The topological polar surface area (TPSA) is 56.6 Å². The third kappa shape index (κ3) is 3.47. The molecule has 4 heteroatoms. The normalized spacial score (nSPS) is 12.5. The SMILES string of the molecule is CCCN(CCO)c1ccc([C@@H](C)O)nc1. The van der Waals surface area contributed by atoms with Crippen LogP contribution >= 0.6 is 0 Å². The van der Waals surface area contributed by atoms with Gasteiger partial charge in [0.15, 0.2) is 0 Å². The fourth-order valence-electron chi connectivity index (χ4n) is 1.59. The van der Waals surface area contributed by atoms with Crippen molar-refractivity contribution in [3.8, 4) is 0 Å². The number of aliphatic hydroxyl groups excluding tert-OH is 2. The molecule has 0 aliphatic heterocycles. The Morgan fingerprint density at radius 2 is 2.12 bits per heavy atom. The molecule has 0 unspecified atom stereocenters. The number of pyridine rings is 1. The van der Waals surface area contributed by atoms with E-state index in [9.17, 15) is 5.11 Å². The lowest BCUT2D eigenvalue weighted by Gasteiger charge is -2.23. The van der Waals surface area contributed by atoms with Crippen molar-refractivity contribution < 1.29 is 10.2 Å². The molecule has 90 valence electrons. The predicted octanol–water partition coefficient (Wildman–Crippen LogP) is 1.34. The van der Waals surface area contributed by atoms with Gasteiger partial charge in [0.05, 0.1) is 30.3 Å². The zero-order chi connectivity index (χ0) is 12.0. The highest BCUT2D eigenvalue weighted by atomic mass is 16.3. The van der Waals surface area contributed by atoms with Gasteiger partial charge in [0.2, 0.25) is 0 Å². The monoisotopic (exact) mass is 224 g/mol. The van der Waals surface area contributed by atoms with E-state index in [-0.39, 0.29) is 6.61 Å².